The first-order chi connectivity index (χ1) is 8.69. The molecule has 7 heteroatoms. The number of rotatable bonds is 6. The summed E-state index contributed by atoms with van der Waals surface area (Å²) in [7, 11) is -6.67. The summed E-state index contributed by atoms with van der Waals surface area (Å²) in [5, 5.41) is -0.505. The Kier molecular flexibility index (Phi) is 4.98. The molecule has 1 rings (SSSR count). The Balaban J connectivity index is 2.96. The van der Waals surface area contributed by atoms with E-state index >= 15 is 0 Å². The molecule has 0 aromatic heterocycles. The maximum Gasteiger partial charge on any atom is 0.232 e. The quantitative estimate of drug-likeness (QED) is 0.872. The average molecular weight is 305 g/mol. The minimum Gasteiger partial charge on any atom is -0.284 e. The molecule has 0 aliphatic heterocycles. The fourth-order valence-corrected chi connectivity index (χ4v) is 3.68. The minimum atomic E-state index is -3.35. The SMILES string of the molecule is CCCS(=O)(=O)Nc1ccc(S(=O)(=O)C(C)C)cc1. The van der Waals surface area contributed by atoms with Crippen LogP contribution in [0.2, 0.25) is 0 Å². The van der Waals surface area contributed by atoms with Crippen LogP contribution in [0, 0.1) is 0 Å². The lowest BCUT2D eigenvalue weighted by Gasteiger charge is -2.10. The maximum atomic E-state index is 11.9. The number of nitrogens with one attached hydrogen (secondary N) is 1. The average Bonchev–Trinajstić information content (AvgIpc) is 2.28. The molecular weight excluding hydrogens is 286 g/mol. The van der Waals surface area contributed by atoms with Gasteiger partial charge in [0.15, 0.2) is 9.84 Å². The zero-order chi connectivity index (χ0) is 14.7. The summed E-state index contributed by atoms with van der Waals surface area (Å²) in [6.07, 6.45) is 0.523. The fourth-order valence-electron chi connectivity index (χ4n) is 1.48. The molecule has 0 spiro atoms. The molecule has 5 nitrogen and oxygen atoms in total. The third-order valence-corrected chi connectivity index (χ3v) is 6.21. The normalized spacial score (nSPS) is 12.6. The second kappa shape index (κ2) is 5.92. The highest BCUT2D eigenvalue weighted by Gasteiger charge is 2.19. The van der Waals surface area contributed by atoms with E-state index < -0.39 is 25.1 Å². The summed E-state index contributed by atoms with van der Waals surface area (Å²) < 4.78 is 49.3. The number of benzene rings is 1. The van der Waals surface area contributed by atoms with Crippen LogP contribution in [0.25, 0.3) is 0 Å². The van der Waals surface area contributed by atoms with Crippen LogP contribution in [0.15, 0.2) is 29.2 Å². The number of sulfonamides is 1. The van der Waals surface area contributed by atoms with Crippen LogP contribution in [0.1, 0.15) is 27.2 Å². The maximum absolute atomic E-state index is 11.9. The Labute approximate surface area is 115 Å². The van der Waals surface area contributed by atoms with Crippen molar-refractivity contribution in [2.24, 2.45) is 0 Å². The van der Waals surface area contributed by atoms with Crippen molar-refractivity contribution in [3.05, 3.63) is 24.3 Å². The molecule has 0 atom stereocenters. The third kappa shape index (κ3) is 4.21. The highest BCUT2D eigenvalue weighted by atomic mass is 32.2. The van der Waals surface area contributed by atoms with Crippen molar-refractivity contribution < 1.29 is 16.8 Å². The summed E-state index contributed by atoms with van der Waals surface area (Å²) in [5.74, 6) is 0.0407. The van der Waals surface area contributed by atoms with Gasteiger partial charge in [0.05, 0.1) is 15.9 Å². The largest absolute Gasteiger partial charge is 0.284 e. The molecule has 0 fully saturated rings. The van der Waals surface area contributed by atoms with Crippen LogP contribution >= 0.6 is 0 Å². The fraction of sp³-hybridized carbons (Fsp3) is 0.500. The molecule has 0 saturated carbocycles. The zero-order valence-electron chi connectivity index (χ0n) is 11.3. The van der Waals surface area contributed by atoms with Gasteiger partial charge in [0.2, 0.25) is 10.0 Å². The zero-order valence-corrected chi connectivity index (χ0v) is 12.9. The van der Waals surface area contributed by atoms with Gasteiger partial charge in [0.25, 0.3) is 0 Å². The molecule has 1 N–H and O–H groups in total. The summed E-state index contributed by atoms with van der Waals surface area (Å²) in [5.41, 5.74) is 0.371. The summed E-state index contributed by atoms with van der Waals surface area (Å²) in [6, 6.07) is 5.75. The van der Waals surface area contributed by atoms with E-state index in [1.807, 2.05) is 0 Å². The van der Waals surface area contributed by atoms with Gasteiger partial charge in [-0.25, -0.2) is 16.8 Å². The smallest absolute Gasteiger partial charge is 0.232 e. The molecule has 0 unspecified atom stereocenters. The molecule has 1 aromatic rings. The van der Waals surface area contributed by atoms with Gasteiger partial charge in [0, 0.05) is 5.69 Å². The van der Waals surface area contributed by atoms with Crippen molar-refractivity contribution in [3.8, 4) is 0 Å². The van der Waals surface area contributed by atoms with E-state index in [-0.39, 0.29) is 10.6 Å². The monoisotopic (exact) mass is 305 g/mol. The van der Waals surface area contributed by atoms with E-state index in [1.54, 1.807) is 20.8 Å². The predicted octanol–water partition coefficient (Wildman–Crippen LogP) is 2.02. The molecular formula is C12H19NO4S2. The van der Waals surface area contributed by atoms with Crippen LogP contribution in [0.4, 0.5) is 5.69 Å². The van der Waals surface area contributed by atoms with Crippen molar-refractivity contribution >= 4 is 25.5 Å². The van der Waals surface area contributed by atoms with Crippen molar-refractivity contribution in [2.75, 3.05) is 10.5 Å². The van der Waals surface area contributed by atoms with Crippen molar-refractivity contribution in [1.29, 1.82) is 0 Å². The van der Waals surface area contributed by atoms with E-state index in [0.29, 0.717) is 12.1 Å². The van der Waals surface area contributed by atoms with Crippen molar-refractivity contribution in [1.82, 2.24) is 0 Å². The molecule has 0 saturated heterocycles. The van der Waals surface area contributed by atoms with Crippen LogP contribution < -0.4 is 4.72 Å². The Morgan fingerprint density at radius 3 is 2.00 bits per heavy atom. The van der Waals surface area contributed by atoms with E-state index in [1.165, 1.54) is 24.3 Å². The van der Waals surface area contributed by atoms with Gasteiger partial charge in [-0.15, -0.1) is 0 Å². The molecule has 1 aromatic carbocycles. The van der Waals surface area contributed by atoms with E-state index in [0.717, 1.165) is 0 Å². The Bertz CT molecular complexity index is 616. The van der Waals surface area contributed by atoms with Gasteiger partial charge in [-0.2, -0.15) is 0 Å². The van der Waals surface area contributed by atoms with E-state index in [4.69, 9.17) is 0 Å². The first-order valence-corrected chi connectivity index (χ1v) is 9.23. The van der Waals surface area contributed by atoms with Crippen LogP contribution in [-0.2, 0) is 19.9 Å². The highest BCUT2D eigenvalue weighted by molar-refractivity contribution is 7.92. The molecule has 0 amide bonds. The van der Waals surface area contributed by atoms with Gasteiger partial charge in [-0.3, -0.25) is 4.72 Å². The molecule has 108 valence electrons. The van der Waals surface area contributed by atoms with Gasteiger partial charge in [-0.1, -0.05) is 6.92 Å². The number of sulfone groups is 1. The minimum absolute atomic E-state index is 0.0407. The molecule has 0 heterocycles. The molecule has 0 aliphatic carbocycles. The number of anilines is 1. The number of hydrogen-bond acceptors (Lipinski definition) is 4. The molecule has 19 heavy (non-hydrogen) atoms. The Morgan fingerprint density at radius 1 is 1.05 bits per heavy atom. The molecule has 0 radical (unpaired) electrons. The Morgan fingerprint density at radius 2 is 1.58 bits per heavy atom. The third-order valence-electron chi connectivity index (χ3n) is 2.55. The van der Waals surface area contributed by atoms with Crippen LogP contribution in [-0.4, -0.2) is 27.8 Å². The number of hydrogen-bond donors (Lipinski definition) is 1. The summed E-state index contributed by atoms with van der Waals surface area (Å²) in [4.78, 5) is 0.195. The lowest BCUT2D eigenvalue weighted by Crippen LogP contribution is -2.16. The molecule has 0 aliphatic rings. The first kappa shape index (κ1) is 16.0. The van der Waals surface area contributed by atoms with Gasteiger partial charge < -0.3 is 0 Å². The Hall–Kier alpha value is -1.08. The summed E-state index contributed by atoms with van der Waals surface area (Å²) in [6.45, 7) is 4.98. The molecule has 0 bridgehead atoms. The standard InChI is InChI=1S/C12H19NO4S2/c1-4-9-18(14,15)13-11-5-7-12(8-6-11)19(16,17)10(2)3/h5-8,10,13H,4,9H2,1-3H3. The predicted molar refractivity (Wildman–Crippen MR) is 76.5 cm³/mol. The van der Waals surface area contributed by atoms with Crippen molar-refractivity contribution in [2.45, 2.75) is 37.3 Å². The first-order valence-electron chi connectivity index (χ1n) is 6.03. The van der Waals surface area contributed by atoms with Crippen molar-refractivity contribution in [3.63, 3.8) is 0 Å². The second-order valence-electron chi connectivity index (χ2n) is 4.54. The highest BCUT2D eigenvalue weighted by Crippen LogP contribution is 2.19. The van der Waals surface area contributed by atoms with Gasteiger partial charge in [0.1, 0.15) is 0 Å². The lowest BCUT2D eigenvalue weighted by atomic mass is 10.3. The topological polar surface area (TPSA) is 80.3 Å². The second-order valence-corrected chi connectivity index (χ2v) is 8.89. The van der Waals surface area contributed by atoms with E-state index in [9.17, 15) is 16.8 Å². The van der Waals surface area contributed by atoms with Crippen LogP contribution in [0.3, 0.4) is 0 Å². The lowest BCUT2D eigenvalue weighted by molar-refractivity contribution is 0.587. The van der Waals surface area contributed by atoms with Crippen LogP contribution in [0.5, 0.6) is 0 Å². The van der Waals surface area contributed by atoms with E-state index in [2.05, 4.69) is 4.72 Å². The van der Waals surface area contributed by atoms with Gasteiger partial charge >= 0.3 is 0 Å². The van der Waals surface area contributed by atoms with Gasteiger partial charge in [-0.05, 0) is 44.5 Å². The summed E-state index contributed by atoms with van der Waals surface area (Å²) >= 11 is 0.